The summed E-state index contributed by atoms with van der Waals surface area (Å²) in [7, 11) is 0. The molecular formula is C7H4F2NO. The van der Waals surface area contributed by atoms with E-state index in [1.807, 2.05) is 6.07 Å². The van der Waals surface area contributed by atoms with Gasteiger partial charge in [0.25, 0.3) is 0 Å². The first-order valence-electron chi connectivity index (χ1n) is 2.78. The van der Waals surface area contributed by atoms with Crippen molar-refractivity contribution in [2.75, 3.05) is 0 Å². The van der Waals surface area contributed by atoms with Gasteiger partial charge in [0.05, 0.1) is 6.21 Å². The summed E-state index contributed by atoms with van der Waals surface area (Å²) in [5.41, 5.74) is -0.108. The summed E-state index contributed by atoms with van der Waals surface area (Å²) in [5, 5.41) is 10.6. The predicted octanol–water partition coefficient (Wildman–Crippen LogP) is 1.57. The fourth-order valence-electron chi connectivity index (χ4n) is 0.624. The maximum Gasteiger partial charge on any atom is 0.132 e. The Kier molecular flexibility index (Phi) is 2.15. The second-order valence-corrected chi connectivity index (χ2v) is 1.83. The smallest absolute Gasteiger partial charge is 0.132 e. The minimum atomic E-state index is -0.693. The summed E-state index contributed by atoms with van der Waals surface area (Å²) >= 11 is 0. The maximum absolute atomic E-state index is 12.6. The quantitative estimate of drug-likeness (QED) is 0.373. The van der Waals surface area contributed by atoms with E-state index in [-0.39, 0.29) is 5.56 Å². The van der Waals surface area contributed by atoms with Crippen LogP contribution in [0.25, 0.3) is 0 Å². The van der Waals surface area contributed by atoms with Crippen LogP contribution >= 0.6 is 0 Å². The van der Waals surface area contributed by atoms with Gasteiger partial charge in [0.2, 0.25) is 0 Å². The van der Waals surface area contributed by atoms with Crippen LogP contribution in [0.15, 0.2) is 17.3 Å². The minimum Gasteiger partial charge on any atom is -0.411 e. The van der Waals surface area contributed by atoms with Gasteiger partial charge in [-0.05, 0) is 12.1 Å². The molecule has 0 aromatic heterocycles. The van der Waals surface area contributed by atoms with Gasteiger partial charge in [-0.2, -0.15) is 0 Å². The third-order valence-corrected chi connectivity index (χ3v) is 1.09. The Morgan fingerprint density at radius 3 is 2.91 bits per heavy atom. The molecule has 0 saturated carbocycles. The van der Waals surface area contributed by atoms with Crippen molar-refractivity contribution >= 4 is 6.21 Å². The van der Waals surface area contributed by atoms with Crippen molar-refractivity contribution < 1.29 is 14.0 Å². The lowest BCUT2D eigenvalue weighted by molar-refractivity contribution is 0.321. The van der Waals surface area contributed by atoms with Gasteiger partial charge in [0.1, 0.15) is 11.6 Å². The molecule has 0 spiro atoms. The minimum absolute atomic E-state index is 0.108. The lowest BCUT2D eigenvalue weighted by atomic mass is 10.2. The molecule has 2 nitrogen and oxygen atoms in total. The molecule has 1 aromatic rings. The molecule has 11 heavy (non-hydrogen) atoms. The number of nitrogens with zero attached hydrogens (tertiary/aromatic N) is 1. The summed E-state index contributed by atoms with van der Waals surface area (Å²) in [6.07, 6.45) is 0.812. The van der Waals surface area contributed by atoms with Gasteiger partial charge in [0, 0.05) is 11.6 Å². The van der Waals surface area contributed by atoms with Crippen molar-refractivity contribution in [1.82, 2.24) is 0 Å². The average Bonchev–Trinajstić information content (AvgIpc) is 1.98. The van der Waals surface area contributed by atoms with Crippen molar-refractivity contribution in [3.8, 4) is 0 Å². The highest BCUT2D eigenvalue weighted by molar-refractivity contribution is 5.79. The lowest BCUT2D eigenvalue weighted by Crippen LogP contribution is -1.89. The highest BCUT2D eigenvalue weighted by Gasteiger charge is 2.00. The molecule has 57 valence electrons. The van der Waals surface area contributed by atoms with E-state index in [0.29, 0.717) is 0 Å². The van der Waals surface area contributed by atoms with E-state index in [1.54, 1.807) is 0 Å². The Hall–Kier alpha value is -1.45. The van der Waals surface area contributed by atoms with Crippen molar-refractivity contribution in [1.29, 1.82) is 0 Å². The molecule has 0 aliphatic rings. The molecule has 1 radical (unpaired) electrons. The van der Waals surface area contributed by atoms with Gasteiger partial charge >= 0.3 is 0 Å². The second kappa shape index (κ2) is 3.09. The van der Waals surface area contributed by atoms with Gasteiger partial charge in [0.15, 0.2) is 0 Å². The fourth-order valence-corrected chi connectivity index (χ4v) is 0.624. The molecule has 1 N–H and O–H groups in total. The molecule has 4 heteroatoms. The van der Waals surface area contributed by atoms with E-state index in [0.717, 1.165) is 18.3 Å². The van der Waals surface area contributed by atoms with Crippen LogP contribution in [0, 0.1) is 17.7 Å². The molecule has 0 saturated heterocycles. The first kappa shape index (κ1) is 7.65. The number of hydrogen-bond acceptors (Lipinski definition) is 2. The van der Waals surface area contributed by atoms with Crippen LogP contribution in [0.5, 0.6) is 0 Å². The molecule has 0 aliphatic carbocycles. The largest absolute Gasteiger partial charge is 0.411 e. The third-order valence-electron chi connectivity index (χ3n) is 1.09. The van der Waals surface area contributed by atoms with E-state index < -0.39 is 11.6 Å². The molecular weight excluding hydrogens is 152 g/mol. The highest BCUT2D eigenvalue weighted by Crippen LogP contribution is 2.05. The molecule has 0 unspecified atom stereocenters. The highest BCUT2D eigenvalue weighted by atomic mass is 19.1. The first-order chi connectivity index (χ1) is 5.24. The normalized spacial score (nSPS) is 10.7. The average molecular weight is 156 g/mol. The van der Waals surface area contributed by atoms with Crippen molar-refractivity contribution in [3.63, 3.8) is 0 Å². The number of rotatable bonds is 1. The Balaban J connectivity index is 3.12. The number of benzene rings is 1. The van der Waals surface area contributed by atoms with Gasteiger partial charge in [-0.3, -0.25) is 0 Å². The third kappa shape index (κ3) is 1.73. The van der Waals surface area contributed by atoms with Gasteiger partial charge in [-0.25, -0.2) is 8.78 Å². The predicted molar refractivity (Wildman–Crippen MR) is 34.6 cm³/mol. The molecule has 0 bridgehead atoms. The number of hydrogen-bond donors (Lipinski definition) is 1. The van der Waals surface area contributed by atoms with E-state index in [4.69, 9.17) is 5.21 Å². The van der Waals surface area contributed by atoms with Crippen LogP contribution in [0.2, 0.25) is 0 Å². The molecule has 0 atom stereocenters. The summed E-state index contributed by atoms with van der Waals surface area (Å²) in [5.74, 6) is -1.37. The van der Waals surface area contributed by atoms with Gasteiger partial charge < -0.3 is 5.21 Å². The zero-order chi connectivity index (χ0) is 8.27. The lowest BCUT2D eigenvalue weighted by Gasteiger charge is -1.93. The zero-order valence-electron chi connectivity index (χ0n) is 5.38. The Bertz CT molecular complexity index is 286. The summed E-state index contributed by atoms with van der Waals surface area (Å²) in [6.45, 7) is 0. The van der Waals surface area contributed by atoms with Gasteiger partial charge in [-0.15, -0.1) is 0 Å². The van der Waals surface area contributed by atoms with Crippen LogP contribution in [0.1, 0.15) is 5.56 Å². The Morgan fingerprint density at radius 2 is 2.27 bits per heavy atom. The summed E-state index contributed by atoms with van der Waals surface area (Å²) in [4.78, 5) is 0. The SMILES string of the molecule is O/N=C\c1cc(F)[c]cc1F. The molecule has 0 amide bonds. The summed E-state index contributed by atoms with van der Waals surface area (Å²) < 4.78 is 24.9. The van der Waals surface area contributed by atoms with Crippen molar-refractivity contribution in [2.45, 2.75) is 0 Å². The Morgan fingerprint density at radius 1 is 1.55 bits per heavy atom. The maximum atomic E-state index is 12.6. The van der Waals surface area contributed by atoms with Crippen LogP contribution < -0.4 is 0 Å². The molecule has 0 aliphatic heterocycles. The molecule has 0 heterocycles. The van der Waals surface area contributed by atoms with E-state index in [9.17, 15) is 8.78 Å². The monoisotopic (exact) mass is 156 g/mol. The number of halogens is 2. The van der Waals surface area contributed by atoms with Crippen LogP contribution in [0.3, 0.4) is 0 Å². The van der Waals surface area contributed by atoms with Crippen molar-refractivity contribution in [2.24, 2.45) is 5.16 Å². The van der Waals surface area contributed by atoms with Crippen LogP contribution in [-0.2, 0) is 0 Å². The molecule has 0 fully saturated rings. The summed E-state index contributed by atoms with van der Waals surface area (Å²) in [6, 6.07) is 3.74. The van der Waals surface area contributed by atoms with Crippen LogP contribution in [-0.4, -0.2) is 11.4 Å². The van der Waals surface area contributed by atoms with E-state index >= 15 is 0 Å². The fraction of sp³-hybridized carbons (Fsp3) is 0. The second-order valence-electron chi connectivity index (χ2n) is 1.83. The Labute approximate surface area is 61.8 Å². The first-order valence-corrected chi connectivity index (χ1v) is 2.78. The van der Waals surface area contributed by atoms with Gasteiger partial charge in [-0.1, -0.05) is 5.16 Å². The van der Waals surface area contributed by atoms with E-state index in [1.165, 1.54) is 0 Å². The standard InChI is InChI=1S/C7H4F2NO/c8-6-1-2-7(9)5(3-6)4-10-11/h2-4,11H/b10-4-. The number of oxime groups is 1. The molecule has 1 rings (SSSR count). The molecule has 1 aromatic carbocycles. The zero-order valence-corrected chi connectivity index (χ0v) is 5.38. The van der Waals surface area contributed by atoms with Crippen molar-refractivity contribution in [3.05, 3.63) is 35.4 Å². The van der Waals surface area contributed by atoms with Crippen LogP contribution in [0.4, 0.5) is 8.78 Å². The topological polar surface area (TPSA) is 32.6 Å². The van der Waals surface area contributed by atoms with E-state index in [2.05, 4.69) is 5.16 Å².